The van der Waals surface area contributed by atoms with Gasteiger partial charge in [-0.3, -0.25) is 0 Å². The third-order valence-electron chi connectivity index (χ3n) is 0.947. The van der Waals surface area contributed by atoms with Crippen LogP contribution in [-0.2, 0) is 9.53 Å². The molecule has 0 saturated heterocycles. The van der Waals surface area contributed by atoms with Crippen LogP contribution in [0.4, 0.5) is 0 Å². The second kappa shape index (κ2) is 11.2. The van der Waals surface area contributed by atoms with Gasteiger partial charge in [-0.2, -0.15) is 5.26 Å². The van der Waals surface area contributed by atoms with Gasteiger partial charge in [0.05, 0.1) is 12.9 Å². The number of aliphatic carboxylic acids is 1. The Balaban J connectivity index is 0. The van der Waals surface area contributed by atoms with Crippen molar-refractivity contribution < 1.29 is 14.6 Å². The predicted molar refractivity (Wildman–Crippen MR) is 53.4 cm³/mol. The van der Waals surface area contributed by atoms with Gasteiger partial charge < -0.3 is 9.84 Å². The lowest BCUT2D eigenvalue weighted by Crippen LogP contribution is -1.94. The number of allylic oxidation sites excluding steroid dienone is 1. The van der Waals surface area contributed by atoms with E-state index in [1.807, 2.05) is 13.0 Å². The summed E-state index contributed by atoms with van der Waals surface area (Å²) in [4.78, 5) is 9.61. The van der Waals surface area contributed by atoms with E-state index in [0.717, 1.165) is 13.0 Å². The topological polar surface area (TPSA) is 70.3 Å². The van der Waals surface area contributed by atoms with Crippen LogP contribution in [0.3, 0.4) is 0 Å². The Hall–Kier alpha value is -1.76. The lowest BCUT2D eigenvalue weighted by atomic mass is 10.4. The second-order valence-corrected chi connectivity index (χ2v) is 2.24. The number of nitriles is 1. The molecule has 0 radical (unpaired) electrons. The van der Waals surface area contributed by atoms with Crippen molar-refractivity contribution in [2.75, 3.05) is 6.61 Å². The van der Waals surface area contributed by atoms with Crippen LogP contribution >= 0.6 is 0 Å². The molecule has 0 heterocycles. The quantitative estimate of drug-likeness (QED) is 0.324. The Morgan fingerprint density at radius 1 is 1.71 bits per heavy atom. The molecule has 0 fully saturated rings. The van der Waals surface area contributed by atoms with Gasteiger partial charge in [0, 0.05) is 0 Å². The molecule has 0 aliphatic rings. The lowest BCUT2D eigenvalue weighted by molar-refractivity contribution is -0.132. The summed E-state index contributed by atoms with van der Waals surface area (Å²) in [6, 6.07) is 1.37. The van der Waals surface area contributed by atoms with Crippen molar-refractivity contribution in [3.63, 3.8) is 0 Å². The first-order valence-corrected chi connectivity index (χ1v) is 4.15. The molecule has 0 bridgehead atoms. The summed E-state index contributed by atoms with van der Waals surface area (Å²) < 4.78 is 4.95. The van der Waals surface area contributed by atoms with E-state index in [9.17, 15) is 4.79 Å². The normalized spacial score (nSPS) is 8.36. The van der Waals surface area contributed by atoms with E-state index >= 15 is 0 Å². The molecular weight excluding hydrogens is 182 g/mol. The number of carboxylic acids is 1. The average Bonchev–Trinajstić information content (AvgIpc) is 2.18. The maximum atomic E-state index is 9.61. The van der Waals surface area contributed by atoms with Gasteiger partial charge in [-0.15, -0.1) is 0 Å². The molecule has 14 heavy (non-hydrogen) atoms. The molecule has 0 saturated carbocycles. The highest BCUT2D eigenvalue weighted by Crippen LogP contribution is 1.81. The van der Waals surface area contributed by atoms with E-state index in [1.54, 1.807) is 6.26 Å². The molecule has 4 heteroatoms. The molecule has 0 aromatic carbocycles. The largest absolute Gasteiger partial charge is 0.502 e. The van der Waals surface area contributed by atoms with E-state index in [0.29, 0.717) is 0 Å². The lowest BCUT2D eigenvalue weighted by Gasteiger charge is -1.91. The molecule has 0 aromatic heterocycles. The Morgan fingerprint density at radius 2 is 2.29 bits per heavy atom. The van der Waals surface area contributed by atoms with Crippen molar-refractivity contribution in [2.45, 2.75) is 20.3 Å². The summed E-state index contributed by atoms with van der Waals surface area (Å²) in [6.45, 7) is 7.78. The molecule has 0 amide bonds. The van der Waals surface area contributed by atoms with Gasteiger partial charge in [-0.1, -0.05) is 19.6 Å². The van der Waals surface area contributed by atoms with E-state index in [1.165, 1.54) is 6.07 Å². The fourth-order valence-electron chi connectivity index (χ4n) is 0.330. The Bertz CT molecular complexity index is 238. The van der Waals surface area contributed by atoms with Crippen LogP contribution in [0.1, 0.15) is 20.3 Å². The highest BCUT2D eigenvalue weighted by atomic mass is 16.5. The molecule has 0 unspecified atom stereocenters. The van der Waals surface area contributed by atoms with Crippen LogP contribution in [0.15, 0.2) is 24.5 Å². The minimum Gasteiger partial charge on any atom is -0.502 e. The first-order chi connectivity index (χ1) is 6.59. The van der Waals surface area contributed by atoms with Gasteiger partial charge in [0.15, 0.2) is 0 Å². The average molecular weight is 197 g/mol. The minimum atomic E-state index is -1.26. The molecule has 0 spiro atoms. The zero-order chi connectivity index (χ0) is 11.4. The number of hydrogen-bond donors (Lipinski definition) is 1. The van der Waals surface area contributed by atoms with Crippen molar-refractivity contribution in [1.29, 1.82) is 5.26 Å². The summed E-state index contributed by atoms with van der Waals surface area (Å²) in [5, 5.41) is 15.6. The molecule has 0 atom stereocenters. The fourth-order valence-corrected chi connectivity index (χ4v) is 0.330. The van der Waals surface area contributed by atoms with E-state index in [-0.39, 0.29) is 0 Å². The number of hydrogen-bond acceptors (Lipinski definition) is 3. The van der Waals surface area contributed by atoms with Crippen molar-refractivity contribution in [3.8, 4) is 6.07 Å². The summed E-state index contributed by atoms with van der Waals surface area (Å²) in [6.07, 6.45) is 4.68. The summed E-state index contributed by atoms with van der Waals surface area (Å²) >= 11 is 0. The Kier molecular flexibility index (Phi) is 11.8. The SMILES string of the molecule is C=C(C#N)C(=O)O.CC=COCCC. The monoisotopic (exact) mass is 197 g/mol. The van der Waals surface area contributed by atoms with E-state index in [4.69, 9.17) is 15.1 Å². The number of ether oxygens (including phenoxy) is 1. The number of carboxylic acid groups (broad SMARTS) is 1. The van der Waals surface area contributed by atoms with Crippen molar-refractivity contribution in [2.24, 2.45) is 0 Å². The van der Waals surface area contributed by atoms with Gasteiger partial charge in [0.2, 0.25) is 0 Å². The fraction of sp³-hybridized carbons (Fsp3) is 0.400. The molecule has 0 aliphatic carbocycles. The van der Waals surface area contributed by atoms with Gasteiger partial charge in [0.25, 0.3) is 0 Å². The molecule has 4 nitrogen and oxygen atoms in total. The third-order valence-corrected chi connectivity index (χ3v) is 0.947. The first-order valence-electron chi connectivity index (χ1n) is 4.15. The van der Waals surface area contributed by atoms with Crippen LogP contribution in [0.2, 0.25) is 0 Å². The molecule has 0 aliphatic heterocycles. The number of rotatable bonds is 4. The molecule has 78 valence electrons. The highest BCUT2D eigenvalue weighted by Gasteiger charge is 1.97. The zero-order valence-electron chi connectivity index (χ0n) is 8.49. The molecule has 1 N–H and O–H groups in total. The van der Waals surface area contributed by atoms with Gasteiger partial charge >= 0.3 is 5.97 Å². The number of nitrogens with zero attached hydrogens (tertiary/aromatic N) is 1. The van der Waals surface area contributed by atoms with E-state index in [2.05, 4.69) is 13.5 Å². The second-order valence-electron chi connectivity index (χ2n) is 2.24. The van der Waals surface area contributed by atoms with Crippen molar-refractivity contribution in [1.82, 2.24) is 0 Å². The van der Waals surface area contributed by atoms with E-state index < -0.39 is 11.5 Å². The van der Waals surface area contributed by atoms with Crippen LogP contribution in [0.5, 0.6) is 0 Å². The Morgan fingerprint density at radius 3 is 2.50 bits per heavy atom. The maximum absolute atomic E-state index is 9.61. The smallest absolute Gasteiger partial charge is 0.345 e. The van der Waals surface area contributed by atoms with Gasteiger partial charge in [-0.05, 0) is 13.3 Å². The van der Waals surface area contributed by atoms with Crippen LogP contribution < -0.4 is 0 Å². The standard InChI is InChI=1S/C6H12O.C4H3NO2/c1-3-5-7-6-4-2;1-3(2-5)4(6)7/h3,5H,4,6H2,1-2H3;1H2,(H,6,7). The predicted octanol–water partition coefficient (Wildman–Crippen LogP) is 2.10. The molecule has 0 aromatic rings. The molecule has 0 rings (SSSR count). The van der Waals surface area contributed by atoms with Gasteiger partial charge in [-0.25, -0.2) is 4.79 Å². The van der Waals surface area contributed by atoms with Crippen LogP contribution in [0.25, 0.3) is 0 Å². The number of carbonyl (C=O) groups is 1. The summed E-state index contributed by atoms with van der Waals surface area (Å²) in [5.41, 5.74) is -0.431. The van der Waals surface area contributed by atoms with Crippen LogP contribution in [0, 0.1) is 11.3 Å². The van der Waals surface area contributed by atoms with Gasteiger partial charge in [0.1, 0.15) is 11.6 Å². The van der Waals surface area contributed by atoms with Crippen molar-refractivity contribution >= 4 is 5.97 Å². The summed E-state index contributed by atoms with van der Waals surface area (Å²) in [5.74, 6) is -1.26. The zero-order valence-corrected chi connectivity index (χ0v) is 8.49. The third kappa shape index (κ3) is 12.9. The highest BCUT2D eigenvalue weighted by molar-refractivity contribution is 5.90. The summed E-state index contributed by atoms with van der Waals surface area (Å²) in [7, 11) is 0. The molecular formula is C10H15NO3. The van der Waals surface area contributed by atoms with Crippen LogP contribution in [-0.4, -0.2) is 17.7 Å². The van der Waals surface area contributed by atoms with Crippen molar-refractivity contribution in [3.05, 3.63) is 24.5 Å². The maximum Gasteiger partial charge on any atom is 0.345 e. The minimum absolute atomic E-state index is 0.431. The Labute approximate surface area is 84.1 Å². The first kappa shape index (κ1) is 14.7.